The number of rotatable bonds is 7. The van der Waals surface area contributed by atoms with Crippen molar-refractivity contribution >= 4 is 5.82 Å². The van der Waals surface area contributed by atoms with Crippen LogP contribution in [0.25, 0.3) is 0 Å². The Bertz CT molecular complexity index is 425. The molecule has 114 valence electrons. The van der Waals surface area contributed by atoms with Gasteiger partial charge < -0.3 is 5.73 Å². The van der Waals surface area contributed by atoms with E-state index < -0.39 is 0 Å². The molecule has 0 saturated carbocycles. The molecule has 0 fully saturated rings. The largest absolute Gasteiger partial charge is 0.326 e. The average molecular weight is 280 g/mol. The zero-order valence-corrected chi connectivity index (χ0v) is 13.5. The molecular weight excluding hydrogens is 252 g/mol. The first kappa shape index (κ1) is 16.6. The van der Waals surface area contributed by atoms with Crippen LogP contribution in [0.4, 0.5) is 5.82 Å². The van der Waals surface area contributed by atoms with Gasteiger partial charge in [0.25, 0.3) is 0 Å². The van der Waals surface area contributed by atoms with E-state index in [0.29, 0.717) is 24.5 Å². The minimum atomic E-state index is 0.307. The Hall–Kier alpha value is -1.43. The van der Waals surface area contributed by atoms with Crippen molar-refractivity contribution in [1.29, 1.82) is 0 Å². The third-order valence-electron chi connectivity index (χ3n) is 2.94. The summed E-state index contributed by atoms with van der Waals surface area (Å²) in [6.07, 6.45) is 1.78. The molecule has 6 heteroatoms. The van der Waals surface area contributed by atoms with Crippen LogP contribution in [0.2, 0.25) is 0 Å². The standard InChI is InChI=1S/C14H28N6/c1-10(2)9-19-14(13(7-15)8-16-19)17-18-20(11(3)4)12(5)6/h8,10-12H,7,9,15H2,1-6H3/b18-17+. The second kappa shape index (κ2) is 7.38. The smallest absolute Gasteiger partial charge is 0.179 e. The van der Waals surface area contributed by atoms with Crippen molar-refractivity contribution < 1.29 is 0 Å². The summed E-state index contributed by atoms with van der Waals surface area (Å²) in [7, 11) is 0. The molecule has 0 aliphatic rings. The zero-order valence-electron chi connectivity index (χ0n) is 13.5. The normalized spacial score (nSPS) is 12.3. The fourth-order valence-corrected chi connectivity index (χ4v) is 2.05. The number of nitrogens with zero attached hydrogens (tertiary/aromatic N) is 5. The van der Waals surface area contributed by atoms with Gasteiger partial charge in [0, 0.05) is 30.7 Å². The first-order valence-electron chi connectivity index (χ1n) is 7.31. The molecule has 0 aliphatic heterocycles. The Morgan fingerprint density at radius 2 is 1.80 bits per heavy atom. The predicted molar refractivity (Wildman–Crippen MR) is 81.6 cm³/mol. The average Bonchev–Trinajstić information content (AvgIpc) is 2.70. The van der Waals surface area contributed by atoms with Gasteiger partial charge in [-0.15, -0.1) is 5.11 Å². The fourth-order valence-electron chi connectivity index (χ4n) is 2.05. The summed E-state index contributed by atoms with van der Waals surface area (Å²) in [6, 6.07) is 0.614. The molecule has 1 heterocycles. The van der Waals surface area contributed by atoms with Crippen LogP contribution in [0.5, 0.6) is 0 Å². The minimum absolute atomic E-state index is 0.307. The van der Waals surface area contributed by atoms with Gasteiger partial charge in [0.05, 0.1) is 6.20 Å². The van der Waals surface area contributed by atoms with Crippen LogP contribution in [0.15, 0.2) is 16.5 Å². The van der Waals surface area contributed by atoms with Crippen molar-refractivity contribution in [2.45, 2.75) is 66.7 Å². The third-order valence-corrected chi connectivity index (χ3v) is 2.94. The monoisotopic (exact) mass is 280 g/mol. The van der Waals surface area contributed by atoms with Crippen molar-refractivity contribution in [2.75, 3.05) is 0 Å². The van der Waals surface area contributed by atoms with Gasteiger partial charge in [-0.1, -0.05) is 19.1 Å². The molecule has 1 aromatic rings. The Morgan fingerprint density at radius 3 is 2.25 bits per heavy atom. The van der Waals surface area contributed by atoms with E-state index in [4.69, 9.17) is 5.73 Å². The molecule has 0 bridgehead atoms. The molecule has 0 aromatic carbocycles. The molecule has 20 heavy (non-hydrogen) atoms. The lowest BCUT2D eigenvalue weighted by Crippen LogP contribution is -2.31. The Balaban J connectivity index is 3.02. The van der Waals surface area contributed by atoms with Gasteiger partial charge in [0.15, 0.2) is 5.82 Å². The first-order chi connectivity index (χ1) is 9.36. The van der Waals surface area contributed by atoms with Gasteiger partial charge in [0.2, 0.25) is 0 Å². The summed E-state index contributed by atoms with van der Waals surface area (Å²) in [4.78, 5) is 0. The van der Waals surface area contributed by atoms with Crippen molar-refractivity contribution in [3.8, 4) is 0 Å². The third kappa shape index (κ3) is 4.30. The Kier molecular flexibility index (Phi) is 6.13. The molecule has 0 spiro atoms. The molecule has 0 saturated heterocycles. The summed E-state index contributed by atoms with van der Waals surface area (Å²) >= 11 is 0. The predicted octanol–water partition coefficient (Wildman–Crippen LogP) is 3.12. The van der Waals surface area contributed by atoms with Crippen molar-refractivity contribution in [3.05, 3.63) is 11.8 Å². The van der Waals surface area contributed by atoms with Crippen molar-refractivity contribution in [3.63, 3.8) is 0 Å². The summed E-state index contributed by atoms with van der Waals surface area (Å²) in [5.41, 5.74) is 6.68. The number of hydrogen-bond donors (Lipinski definition) is 1. The highest BCUT2D eigenvalue weighted by Crippen LogP contribution is 2.21. The van der Waals surface area contributed by atoms with Gasteiger partial charge in [-0.3, -0.25) is 5.01 Å². The molecule has 2 N–H and O–H groups in total. The minimum Gasteiger partial charge on any atom is -0.326 e. The first-order valence-corrected chi connectivity index (χ1v) is 7.31. The van der Waals surface area contributed by atoms with Crippen LogP contribution in [-0.2, 0) is 13.1 Å². The van der Waals surface area contributed by atoms with Crippen LogP contribution < -0.4 is 5.73 Å². The summed E-state index contributed by atoms with van der Waals surface area (Å²) in [5.74, 6) is 1.27. The van der Waals surface area contributed by atoms with Crippen LogP contribution in [0, 0.1) is 5.92 Å². The van der Waals surface area contributed by atoms with E-state index in [9.17, 15) is 0 Å². The van der Waals surface area contributed by atoms with Gasteiger partial charge in [-0.05, 0) is 33.6 Å². The van der Waals surface area contributed by atoms with E-state index in [2.05, 4.69) is 57.0 Å². The number of nitrogens with two attached hydrogens (primary N) is 1. The SMILES string of the molecule is CC(C)Cn1ncc(CN)c1/N=N/N(C(C)C)C(C)C. The lowest BCUT2D eigenvalue weighted by atomic mass is 10.2. The number of aromatic nitrogens is 2. The molecule has 0 unspecified atom stereocenters. The molecule has 1 rings (SSSR count). The van der Waals surface area contributed by atoms with E-state index in [0.717, 1.165) is 17.9 Å². The highest BCUT2D eigenvalue weighted by molar-refractivity contribution is 5.36. The summed E-state index contributed by atoms with van der Waals surface area (Å²) in [6.45, 7) is 14.0. The zero-order chi connectivity index (χ0) is 15.3. The summed E-state index contributed by atoms with van der Waals surface area (Å²) in [5, 5.41) is 15.1. The highest BCUT2D eigenvalue weighted by atomic mass is 15.6. The second-order valence-corrected chi connectivity index (χ2v) is 6.03. The van der Waals surface area contributed by atoms with Crippen LogP contribution in [0.1, 0.15) is 47.1 Å². The Morgan fingerprint density at radius 1 is 1.20 bits per heavy atom. The highest BCUT2D eigenvalue weighted by Gasteiger charge is 2.14. The molecule has 0 atom stereocenters. The van der Waals surface area contributed by atoms with Crippen LogP contribution in [0.3, 0.4) is 0 Å². The quantitative estimate of drug-likeness (QED) is 0.616. The van der Waals surface area contributed by atoms with E-state index >= 15 is 0 Å². The Labute approximate surface area is 122 Å². The maximum absolute atomic E-state index is 5.75. The molecule has 0 amide bonds. The van der Waals surface area contributed by atoms with Crippen molar-refractivity contribution in [1.82, 2.24) is 14.8 Å². The molecule has 1 aromatic heterocycles. The molecule has 0 radical (unpaired) electrons. The van der Waals surface area contributed by atoms with E-state index in [1.807, 2.05) is 9.69 Å². The van der Waals surface area contributed by atoms with Gasteiger partial charge in [-0.2, -0.15) is 5.10 Å². The topological polar surface area (TPSA) is 71.8 Å². The second-order valence-electron chi connectivity index (χ2n) is 6.03. The van der Waals surface area contributed by atoms with Crippen LogP contribution >= 0.6 is 0 Å². The van der Waals surface area contributed by atoms with Gasteiger partial charge in [-0.25, -0.2) is 4.68 Å². The lowest BCUT2D eigenvalue weighted by Gasteiger charge is -2.25. The molecular formula is C14H28N6. The van der Waals surface area contributed by atoms with E-state index in [-0.39, 0.29) is 0 Å². The van der Waals surface area contributed by atoms with Gasteiger partial charge >= 0.3 is 0 Å². The fraction of sp³-hybridized carbons (Fsp3) is 0.786. The lowest BCUT2D eigenvalue weighted by molar-refractivity contribution is 0.169. The molecule has 6 nitrogen and oxygen atoms in total. The van der Waals surface area contributed by atoms with E-state index in [1.165, 1.54) is 0 Å². The van der Waals surface area contributed by atoms with Gasteiger partial charge in [0.1, 0.15) is 0 Å². The number of hydrogen-bond acceptors (Lipinski definition) is 4. The van der Waals surface area contributed by atoms with Crippen molar-refractivity contribution in [2.24, 2.45) is 22.0 Å². The maximum atomic E-state index is 5.75. The summed E-state index contributed by atoms with van der Waals surface area (Å²) < 4.78 is 1.88. The maximum Gasteiger partial charge on any atom is 0.179 e. The van der Waals surface area contributed by atoms with Crippen LogP contribution in [-0.4, -0.2) is 26.9 Å². The van der Waals surface area contributed by atoms with E-state index in [1.54, 1.807) is 6.20 Å². The molecule has 0 aliphatic carbocycles.